The summed E-state index contributed by atoms with van der Waals surface area (Å²) in [6, 6.07) is 3.94. The minimum atomic E-state index is -0.641. The molecule has 120 valence electrons. The summed E-state index contributed by atoms with van der Waals surface area (Å²) in [5.74, 6) is -1.10. The summed E-state index contributed by atoms with van der Waals surface area (Å²) >= 11 is 5.93. The monoisotopic (exact) mass is 328 g/mol. The number of nitrogens with zero attached hydrogens (tertiary/aromatic N) is 1. The molecule has 0 saturated carbocycles. The molecule has 1 aliphatic heterocycles. The molecule has 22 heavy (non-hydrogen) atoms. The van der Waals surface area contributed by atoms with Crippen LogP contribution in [0.4, 0.5) is 9.18 Å². The fraction of sp³-hybridized carbons (Fsp3) is 0.467. The number of likely N-dealkylation sites (tertiary alicyclic amines) is 1. The molecule has 1 fully saturated rings. The fourth-order valence-electron chi connectivity index (χ4n) is 2.48. The van der Waals surface area contributed by atoms with E-state index in [1.807, 2.05) is 0 Å². The van der Waals surface area contributed by atoms with Crippen molar-refractivity contribution < 1.29 is 18.7 Å². The first kappa shape index (κ1) is 16.5. The van der Waals surface area contributed by atoms with Crippen molar-refractivity contribution in [2.24, 2.45) is 0 Å². The van der Waals surface area contributed by atoms with Crippen molar-refractivity contribution in [1.82, 2.24) is 10.2 Å². The number of carbonyl (C=O) groups excluding carboxylic acids is 2. The fourth-order valence-corrected chi connectivity index (χ4v) is 2.72. The molecule has 0 aliphatic carbocycles. The Morgan fingerprint density at radius 3 is 2.95 bits per heavy atom. The molecule has 0 spiro atoms. The standard InChI is InChI=1S/C15H18ClFN2O3/c1-2-22-15(21)18-10-5-4-8-19(9-10)14(20)13-11(16)6-3-7-12(13)17/h3,6-7,10H,2,4-5,8-9H2,1H3,(H,18,21)/t10-/m1/s1. The van der Waals surface area contributed by atoms with Gasteiger partial charge in [0.15, 0.2) is 0 Å². The van der Waals surface area contributed by atoms with E-state index < -0.39 is 17.8 Å². The average molecular weight is 329 g/mol. The SMILES string of the molecule is CCOC(=O)N[C@@H]1CCCN(C(=O)c2c(F)cccc2Cl)C1. The van der Waals surface area contributed by atoms with Crippen molar-refractivity contribution in [3.05, 3.63) is 34.6 Å². The lowest BCUT2D eigenvalue weighted by molar-refractivity contribution is 0.0681. The number of carbonyl (C=O) groups is 2. The van der Waals surface area contributed by atoms with E-state index in [1.54, 1.807) is 6.92 Å². The highest BCUT2D eigenvalue weighted by Crippen LogP contribution is 2.22. The number of ether oxygens (including phenoxy) is 1. The molecule has 1 heterocycles. The van der Waals surface area contributed by atoms with Crippen LogP contribution in [0.25, 0.3) is 0 Å². The Morgan fingerprint density at radius 2 is 2.27 bits per heavy atom. The topological polar surface area (TPSA) is 58.6 Å². The smallest absolute Gasteiger partial charge is 0.407 e. The van der Waals surface area contributed by atoms with Gasteiger partial charge in [-0.2, -0.15) is 0 Å². The van der Waals surface area contributed by atoms with Crippen LogP contribution in [-0.4, -0.2) is 42.6 Å². The summed E-state index contributed by atoms with van der Waals surface area (Å²) in [5, 5.41) is 2.79. The van der Waals surface area contributed by atoms with Crippen LogP contribution in [0.15, 0.2) is 18.2 Å². The van der Waals surface area contributed by atoms with Crippen molar-refractivity contribution in [1.29, 1.82) is 0 Å². The highest BCUT2D eigenvalue weighted by atomic mass is 35.5. The number of hydrogen-bond donors (Lipinski definition) is 1. The molecule has 5 nitrogen and oxygen atoms in total. The Kier molecular flexibility index (Phi) is 5.60. The third kappa shape index (κ3) is 3.88. The van der Waals surface area contributed by atoms with Crippen molar-refractivity contribution in [2.45, 2.75) is 25.8 Å². The van der Waals surface area contributed by atoms with E-state index >= 15 is 0 Å². The van der Waals surface area contributed by atoms with Crippen LogP contribution < -0.4 is 5.32 Å². The van der Waals surface area contributed by atoms with E-state index in [1.165, 1.54) is 23.1 Å². The minimum absolute atomic E-state index is 0.0884. The van der Waals surface area contributed by atoms with Gasteiger partial charge in [0.1, 0.15) is 5.82 Å². The van der Waals surface area contributed by atoms with Crippen LogP contribution >= 0.6 is 11.6 Å². The Morgan fingerprint density at radius 1 is 1.50 bits per heavy atom. The number of amides is 2. The van der Waals surface area contributed by atoms with E-state index in [0.29, 0.717) is 13.1 Å². The molecule has 2 amide bonds. The maximum Gasteiger partial charge on any atom is 0.407 e. The van der Waals surface area contributed by atoms with Gasteiger partial charge >= 0.3 is 6.09 Å². The van der Waals surface area contributed by atoms with Crippen molar-refractivity contribution in [3.8, 4) is 0 Å². The van der Waals surface area contributed by atoms with E-state index in [0.717, 1.165) is 12.8 Å². The van der Waals surface area contributed by atoms with Gasteiger partial charge in [-0.3, -0.25) is 4.79 Å². The van der Waals surface area contributed by atoms with E-state index in [9.17, 15) is 14.0 Å². The molecular weight excluding hydrogens is 311 g/mol. The Balaban J connectivity index is 2.06. The molecule has 0 aromatic heterocycles. The van der Waals surface area contributed by atoms with Crippen LogP contribution in [0, 0.1) is 5.82 Å². The van der Waals surface area contributed by atoms with E-state index in [2.05, 4.69) is 5.32 Å². The summed E-state index contributed by atoms with van der Waals surface area (Å²) in [4.78, 5) is 25.4. The molecule has 0 radical (unpaired) electrons. The molecule has 1 aliphatic rings. The van der Waals surface area contributed by atoms with Crippen LogP contribution in [0.2, 0.25) is 5.02 Å². The third-order valence-electron chi connectivity index (χ3n) is 3.48. The molecule has 0 unspecified atom stereocenters. The van der Waals surface area contributed by atoms with Crippen LogP contribution in [0.3, 0.4) is 0 Å². The van der Waals surface area contributed by atoms with Crippen molar-refractivity contribution in [3.63, 3.8) is 0 Å². The molecule has 0 bridgehead atoms. The Bertz CT molecular complexity index is 547. The number of rotatable bonds is 3. The van der Waals surface area contributed by atoms with Crippen LogP contribution in [-0.2, 0) is 4.74 Å². The number of halogens is 2. The molecule has 7 heteroatoms. The number of nitrogens with one attached hydrogen (secondary N) is 1. The van der Waals surface area contributed by atoms with Gasteiger partial charge in [0.05, 0.1) is 17.2 Å². The minimum Gasteiger partial charge on any atom is -0.450 e. The molecule has 2 rings (SSSR count). The lowest BCUT2D eigenvalue weighted by Gasteiger charge is -2.33. The Hall–Kier alpha value is -1.82. The molecule has 1 atom stereocenters. The number of alkyl carbamates (subject to hydrolysis) is 1. The van der Waals surface area contributed by atoms with Gasteiger partial charge in [0.2, 0.25) is 0 Å². The van der Waals surface area contributed by atoms with Gasteiger partial charge in [-0.05, 0) is 31.9 Å². The molecular formula is C15H18ClFN2O3. The van der Waals surface area contributed by atoms with Gasteiger partial charge in [0.25, 0.3) is 5.91 Å². The number of piperidine rings is 1. The van der Waals surface area contributed by atoms with Gasteiger partial charge in [-0.15, -0.1) is 0 Å². The summed E-state index contributed by atoms with van der Waals surface area (Å²) in [6.07, 6.45) is 0.952. The zero-order chi connectivity index (χ0) is 16.1. The maximum absolute atomic E-state index is 13.8. The highest BCUT2D eigenvalue weighted by Gasteiger charge is 2.28. The normalized spacial score (nSPS) is 18.0. The largest absolute Gasteiger partial charge is 0.450 e. The van der Waals surface area contributed by atoms with Gasteiger partial charge in [-0.25, -0.2) is 9.18 Å². The second kappa shape index (κ2) is 7.45. The summed E-state index contributed by atoms with van der Waals surface area (Å²) in [7, 11) is 0. The maximum atomic E-state index is 13.8. The van der Waals surface area contributed by atoms with Gasteiger partial charge in [-0.1, -0.05) is 17.7 Å². The van der Waals surface area contributed by atoms with Crippen molar-refractivity contribution in [2.75, 3.05) is 19.7 Å². The molecule has 1 saturated heterocycles. The number of benzene rings is 1. The lowest BCUT2D eigenvalue weighted by Crippen LogP contribution is -2.49. The first-order chi connectivity index (χ1) is 10.5. The molecule has 1 N–H and O–H groups in total. The van der Waals surface area contributed by atoms with Crippen molar-refractivity contribution >= 4 is 23.6 Å². The number of hydrogen-bond acceptors (Lipinski definition) is 3. The summed E-state index contributed by atoms with van der Waals surface area (Å²) in [5.41, 5.74) is -0.124. The van der Waals surface area contributed by atoms with E-state index in [-0.39, 0.29) is 23.2 Å². The predicted molar refractivity (Wildman–Crippen MR) is 80.5 cm³/mol. The predicted octanol–water partition coefficient (Wildman–Crippen LogP) is 2.83. The average Bonchev–Trinajstić information content (AvgIpc) is 2.47. The van der Waals surface area contributed by atoms with Gasteiger partial charge in [0, 0.05) is 19.1 Å². The summed E-state index contributed by atoms with van der Waals surface area (Å²) in [6.45, 7) is 2.81. The van der Waals surface area contributed by atoms with E-state index in [4.69, 9.17) is 16.3 Å². The molecule has 1 aromatic carbocycles. The second-order valence-electron chi connectivity index (χ2n) is 5.05. The second-order valence-corrected chi connectivity index (χ2v) is 5.46. The van der Waals surface area contributed by atoms with Crippen LogP contribution in [0.5, 0.6) is 0 Å². The summed E-state index contributed by atoms with van der Waals surface area (Å²) < 4.78 is 18.7. The zero-order valence-electron chi connectivity index (χ0n) is 12.3. The highest BCUT2D eigenvalue weighted by molar-refractivity contribution is 6.33. The first-order valence-corrected chi connectivity index (χ1v) is 7.57. The Labute approximate surface area is 133 Å². The first-order valence-electron chi connectivity index (χ1n) is 7.19. The van der Waals surface area contributed by atoms with Gasteiger partial charge < -0.3 is 15.0 Å². The third-order valence-corrected chi connectivity index (χ3v) is 3.80. The molecule has 1 aromatic rings. The van der Waals surface area contributed by atoms with Crippen LogP contribution in [0.1, 0.15) is 30.1 Å². The lowest BCUT2D eigenvalue weighted by atomic mass is 10.0. The zero-order valence-corrected chi connectivity index (χ0v) is 13.0. The quantitative estimate of drug-likeness (QED) is 0.928.